The molecule has 0 saturated carbocycles. The highest BCUT2D eigenvalue weighted by molar-refractivity contribution is 6.02. The molecule has 0 fully saturated rings. The van der Waals surface area contributed by atoms with Crippen molar-refractivity contribution in [2.45, 2.75) is 33.4 Å². The van der Waals surface area contributed by atoms with Gasteiger partial charge in [0, 0.05) is 5.56 Å². The summed E-state index contributed by atoms with van der Waals surface area (Å²) in [7, 11) is 0. The molecule has 3 aromatic carbocycles. The highest BCUT2D eigenvalue weighted by Gasteiger charge is 2.21. The lowest BCUT2D eigenvalue weighted by molar-refractivity contribution is -0.0344. The summed E-state index contributed by atoms with van der Waals surface area (Å²) in [6, 6.07) is 20.8. The van der Waals surface area contributed by atoms with E-state index >= 15 is 0 Å². The van der Waals surface area contributed by atoms with Gasteiger partial charge in [0.05, 0.1) is 35.9 Å². The van der Waals surface area contributed by atoms with Crippen molar-refractivity contribution in [3.8, 4) is 28.5 Å². The van der Waals surface area contributed by atoms with Gasteiger partial charge in [0.2, 0.25) is 6.79 Å². The molecular weight excluding hydrogens is 544 g/mol. The second-order valence-electron chi connectivity index (χ2n) is 9.38. The van der Waals surface area contributed by atoms with Gasteiger partial charge < -0.3 is 18.9 Å². The van der Waals surface area contributed by atoms with Crippen molar-refractivity contribution >= 4 is 23.2 Å². The molecule has 1 N–H and O–H groups in total. The lowest BCUT2D eigenvalue weighted by atomic mass is 9.98. The SMILES string of the molecule is CCOc1nc2cccc(C(=O)OCOC(=O)OC(C)C)c2n1Cc1ccc(-c2ccccc2-c2noc(=O)[nH]2)cc1. The topological polar surface area (TPSA) is 148 Å². The molecule has 0 spiro atoms. The number of carbonyl (C=O) groups excluding carboxylic acids is 2. The smallest absolute Gasteiger partial charge is 0.465 e. The van der Waals surface area contributed by atoms with E-state index in [0.717, 1.165) is 22.3 Å². The monoisotopic (exact) mass is 572 g/mol. The van der Waals surface area contributed by atoms with E-state index in [9.17, 15) is 14.4 Å². The quantitative estimate of drug-likeness (QED) is 0.175. The molecule has 0 radical (unpaired) electrons. The molecule has 0 aliphatic carbocycles. The van der Waals surface area contributed by atoms with Crippen molar-refractivity contribution in [2.75, 3.05) is 13.4 Å². The van der Waals surface area contributed by atoms with Gasteiger partial charge >= 0.3 is 17.9 Å². The molecular formula is C30H28N4O8. The van der Waals surface area contributed by atoms with Crippen molar-refractivity contribution < 1.29 is 33.1 Å². The van der Waals surface area contributed by atoms with Crippen LogP contribution in [-0.2, 0) is 20.8 Å². The first kappa shape index (κ1) is 28.1. The van der Waals surface area contributed by atoms with E-state index in [1.807, 2.05) is 55.5 Å². The number of aromatic amines is 1. The van der Waals surface area contributed by atoms with Gasteiger partial charge in [0.1, 0.15) is 0 Å². The second kappa shape index (κ2) is 12.4. The minimum Gasteiger partial charge on any atom is -0.465 e. The summed E-state index contributed by atoms with van der Waals surface area (Å²) in [5.74, 6) is -0.982. The average molecular weight is 573 g/mol. The number of benzene rings is 3. The molecule has 2 aromatic heterocycles. The molecule has 5 rings (SSSR count). The molecule has 0 saturated heterocycles. The molecule has 216 valence electrons. The molecule has 5 aromatic rings. The average Bonchev–Trinajstić information content (AvgIpc) is 3.56. The molecule has 2 heterocycles. The van der Waals surface area contributed by atoms with Gasteiger partial charge in [-0.3, -0.25) is 14.1 Å². The van der Waals surface area contributed by atoms with Crippen LogP contribution in [0.25, 0.3) is 33.5 Å². The standard InChI is InChI=1S/C30H28N4O8/c1-4-38-28-31-24-11-7-10-23(27(35)39-17-40-30(37)41-18(2)3)25(24)34(28)16-19-12-14-20(15-13-19)21-8-5-6-9-22(21)26-32-29(36)42-33-26/h5-15,18H,4,16-17H2,1-3H3,(H,32,33,36). The first-order valence-electron chi connectivity index (χ1n) is 13.2. The number of para-hydroxylation sites is 1. The van der Waals surface area contributed by atoms with E-state index in [0.29, 0.717) is 36.0 Å². The Hall–Kier alpha value is -5.39. The summed E-state index contributed by atoms with van der Waals surface area (Å²) in [5, 5.41) is 3.82. The Morgan fingerprint density at radius 3 is 2.43 bits per heavy atom. The Morgan fingerprint density at radius 2 is 1.74 bits per heavy atom. The third-order valence-corrected chi connectivity index (χ3v) is 6.15. The zero-order chi connectivity index (χ0) is 29.6. The lowest BCUT2D eigenvalue weighted by Crippen LogP contribution is -2.17. The number of fused-ring (bicyclic) bond motifs is 1. The Bertz CT molecular complexity index is 1770. The van der Waals surface area contributed by atoms with Gasteiger partial charge in [-0.05, 0) is 49.6 Å². The van der Waals surface area contributed by atoms with Crippen LogP contribution >= 0.6 is 0 Å². The normalized spacial score (nSPS) is 11.0. The van der Waals surface area contributed by atoms with Crippen molar-refractivity contribution in [3.63, 3.8) is 0 Å². The number of ether oxygens (including phenoxy) is 4. The van der Waals surface area contributed by atoms with E-state index < -0.39 is 24.7 Å². The fourth-order valence-corrected chi connectivity index (χ4v) is 4.41. The number of rotatable bonds is 10. The van der Waals surface area contributed by atoms with Crippen LogP contribution in [0.1, 0.15) is 36.7 Å². The molecule has 12 nitrogen and oxygen atoms in total. The number of nitrogens with zero attached hydrogens (tertiary/aromatic N) is 3. The molecule has 12 heteroatoms. The van der Waals surface area contributed by atoms with Gasteiger partial charge in [-0.1, -0.05) is 59.8 Å². The van der Waals surface area contributed by atoms with Gasteiger partial charge in [0.25, 0.3) is 6.01 Å². The first-order valence-corrected chi connectivity index (χ1v) is 13.2. The van der Waals surface area contributed by atoms with Gasteiger partial charge in [0.15, 0.2) is 5.82 Å². The molecule has 42 heavy (non-hydrogen) atoms. The number of aromatic nitrogens is 4. The number of carbonyl (C=O) groups is 2. The number of hydrogen-bond donors (Lipinski definition) is 1. The molecule has 0 bridgehead atoms. The number of esters is 1. The van der Waals surface area contributed by atoms with E-state index in [-0.39, 0.29) is 11.7 Å². The second-order valence-corrected chi connectivity index (χ2v) is 9.38. The maximum atomic E-state index is 13.0. The highest BCUT2D eigenvalue weighted by Crippen LogP contribution is 2.31. The summed E-state index contributed by atoms with van der Waals surface area (Å²) in [6.45, 7) is 5.32. The predicted molar refractivity (Wildman–Crippen MR) is 151 cm³/mol. The van der Waals surface area contributed by atoms with Crippen LogP contribution in [-0.4, -0.2) is 51.3 Å². The van der Waals surface area contributed by atoms with E-state index in [1.54, 1.807) is 36.6 Å². The zero-order valence-electron chi connectivity index (χ0n) is 23.2. The molecule has 0 amide bonds. The summed E-state index contributed by atoms with van der Waals surface area (Å²) in [4.78, 5) is 43.3. The fraction of sp³-hybridized carbons (Fsp3) is 0.233. The minimum atomic E-state index is -0.930. The Balaban J connectivity index is 1.42. The number of hydrogen-bond acceptors (Lipinski definition) is 10. The number of H-pyrrole nitrogens is 1. The van der Waals surface area contributed by atoms with Crippen molar-refractivity contribution in [2.24, 2.45) is 0 Å². The lowest BCUT2D eigenvalue weighted by Gasteiger charge is -2.13. The van der Waals surface area contributed by atoms with Gasteiger partial charge in [-0.2, -0.15) is 4.98 Å². The van der Waals surface area contributed by atoms with Crippen LogP contribution in [0.5, 0.6) is 6.01 Å². The number of imidazole rings is 1. The summed E-state index contributed by atoms with van der Waals surface area (Å²) < 4.78 is 27.2. The Morgan fingerprint density at radius 1 is 0.976 bits per heavy atom. The Kier molecular flexibility index (Phi) is 8.32. The first-order chi connectivity index (χ1) is 20.3. The van der Waals surface area contributed by atoms with Crippen LogP contribution in [0, 0.1) is 0 Å². The minimum absolute atomic E-state index is 0.235. The third-order valence-electron chi connectivity index (χ3n) is 6.15. The fourth-order valence-electron chi connectivity index (χ4n) is 4.41. The molecule has 0 unspecified atom stereocenters. The van der Waals surface area contributed by atoms with Crippen molar-refractivity contribution in [1.29, 1.82) is 0 Å². The van der Waals surface area contributed by atoms with Crippen LogP contribution in [0.15, 0.2) is 76.0 Å². The van der Waals surface area contributed by atoms with Crippen LogP contribution < -0.4 is 10.5 Å². The summed E-state index contributed by atoms with van der Waals surface area (Å²) >= 11 is 0. The van der Waals surface area contributed by atoms with Crippen LogP contribution in [0.3, 0.4) is 0 Å². The molecule has 0 aliphatic rings. The third kappa shape index (κ3) is 6.17. The maximum Gasteiger partial charge on any atom is 0.511 e. The summed E-state index contributed by atoms with van der Waals surface area (Å²) in [5.41, 5.74) is 4.69. The number of nitrogens with one attached hydrogen (secondary N) is 1. The maximum absolute atomic E-state index is 13.0. The Labute approximate surface area is 239 Å². The van der Waals surface area contributed by atoms with Crippen LogP contribution in [0.4, 0.5) is 4.79 Å². The molecule has 0 aliphatic heterocycles. The van der Waals surface area contributed by atoms with E-state index in [4.69, 9.17) is 18.9 Å². The van der Waals surface area contributed by atoms with E-state index in [2.05, 4.69) is 19.6 Å². The van der Waals surface area contributed by atoms with E-state index in [1.165, 1.54) is 0 Å². The van der Waals surface area contributed by atoms with Crippen molar-refractivity contribution in [3.05, 3.63) is 88.4 Å². The predicted octanol–water partition coefficient (Wildman–Crippen LogP) is 5.17. The molecule has 0 atom stereocenters. The van der Waals surface area contributed by atoms with Gasteiger partial charge in [-0.25, -0.2) is 14.4 Å². The van der Waals surface area contributed by atoms with Crippen LogP contribution in [0.2, 0.25) is 0 Å². The largest absolute Gasteiger partial charge is 0.511 e. The van der Waals surface area contributed by atoms with Crippen molar-refractivity contribution in [1.82, 2.24) is 19.7 Å². The summed E-state index contributed by atoms with van der Waals surface area (Å²) in [6.07, 6.45) is -1.30. The van der Waals surface area contributed by atoms with Gasteiger partial charge in [-0.15, -0.1) is 0 Å². The zero-order valence-corrected chi connectivity index (χ0v) is 23.2. The highest BCUT2D eigenvalue weighted by atomic mass is 16.8.